The van der Waals surface area contributed by atoms with E-state index in [0.717, 1.165) is 4.47 Å². The van der Waals surface area contributed by atoms with Crippen LogP contribution in [0.2, 0.25) is 0 Å². The fraction of sp³-hybridized carbons (Fsp3) is 0. The van der Waals surface area contributed by atoms with Crippen LogP contribution in [0.1, 0.15) is 0 Å². The van der Waals surface area contributed by atoms with Gasteiger partial charge in [0, 0.05) is 45.1 Å². The Morgan fingerprint density at radius 3 is 2.00 bits per heavy atom. The Balaban J connectivity index is 2.19. The summed E-state index contributed by atoms with van der Waals surface area (Å²) < 4.78 is 1.12. The van der Waals surface area contributed by atoms with Gasteiger partial charge in [0.15, 0.2) is 0 Å². The monoisotopic (exact) mass is 316 g/mol. The zero-order valence-electron chi connectivity index (χ0n) is 9.38. The van der Waals surface area contributed by atoms with Crippen molar-refractivity contribution < 1.29 is 0 Å². The summed E-state index contributed by atoms with van der Waals surface area (Å²) in [5.74, 6) is 0. The highest BCUT2D eigenvalue weighted by Gasteiger charge is 2.13. The molecular formula is C14H9BrN2S. The van der Waals surface area contributed by atoms with E-state index in [0.29, 0.717) is 0 Å². The van der Waals surface area contributed by atoms with Gasteiger partial charge in [-0.1, -0.05) is 0 Å². The summed E-state index contributed by atoms with van der Waals surface area (Å²) >= 11 is 5.35. The van der Waals surface area contributed by atoms with E-state index >= 15 is 0 Å². The highest BCUT2D eigenvalue weighted by Crippen LogP contribution is 2.42. The Labute approximate surface area is 117 Å². The molecule has 0 fully saturated rings. The van der Waals surface area contributed by atoms with Gasteiger partial charge >= 0.3 is 0 Å². The molecule has 0 bridgehead atoms. The zero-order chi connectivity index (χ0) is 12.4. The molecule has 0 N–H and O–H groups in total. The van der Waals surface area contributed by atoms with Gasteiger partial charge in [0.2, 0.25) is 0 Å². The molecule has 0 atom stereocenters. The molecule has 4 heteroatoms. The van der Waals surface area contributed by atoms with Crippen LogP contribution in [0.15, 0.2) is 58.9 Å². The third-order valence-electron chi connectivity index (χ3n) is 2.66. The van der Waals surface area contributed by atoms with Crippen LogP contribution in [0.4, 0.5) is 0 Å². The molecule has 0 amide bonds. The Kier molecular flexibility index (Phi) is 3.21. The molecule has 3 aromatic rings. The molecule has 88 valence electrons. The third kappa shape index (κ3) is 2.09. The molecule has 0 saturated carbocycles. The SMILES string of the molecule is Brc1csc(-c2ccncc2)c1-c1ccncc1. The minimum absolute atomic E-state index is 1.12. The summed E-state index contributed by atoms with van der Waals surface area (Å²) in [5, 5.41) is 2.12. The Morgan fingerprint density at radius 2 is 1.39 bits per heavy atom. The van der Waals surface area contributed by atoms with Gasteiger partial charge < -0.3 is 0 Å². The van der Waals surface area contributed by atoms with Crippen LogP contribution in [-0.2, 0) is 0 Å². The molecular weight excluding hydrogens is 308 g/mol. The van der Waals surface area contributed by atoms with E-state index in [1.54, 1.807) is 11.3 Å². The van der Waals surface area contributed by atoms with Crippen molar-refractivity contribution in [2.75, 3.05) is 0 Å². The second-order valence-corrected chi connectivity index (χ2v) is 5.49. The molecule has 18 heavy (non-hydrogen) atoms. The molecule has 2 nitrogen and oxygen atoms in total. The number of rotatable bonds is 2. The summed E-state index contributed by atoms with van der Waals surface area (Å²) in [6.45, 7) is 0. The summed E-state index contributed by atoms with van der Waals surface area (Å²) in [5.41, 5.74) is 3.58. The lowest BCUT2D eigenvalue weighted by Crippen LogP contribution is -1.81. The number of nitrogens with zero attached hydrogens (tertiary/aromatic N) is 2. The third-order valence-corrected chi connectivity index (χ3v) is 4.62. The van der Waals surface area contributed by atoms with Crippen LogP contribution in [0.5, 0.6) is 0 Å². The van der Waals surface area contributed by atoms with Crippen molar-refractivity contribution in [2.24, 2.45) is 0 Å². The summed E-state index contributed by atoms with van der Waals surface area (Å²) in [4.78, 5) is 9.37. The van der Waals surface area contributed by atoms with Crippen molar-refractivity contribution in [3.05, 3.63) is 58.9 Å². The van der Waals surface area contributed by atoms with Gasteiger partial charge in [-0.05, 0) is 51.3 Å². The maximum Gasteiger partial charge on any atom is 0.0434 e. The number of pyridine rings is 2. The average molecular weight is 317 g/mol. The number of hydrogen-bond donors (Lipinski definition) is 0. The van der Waals surface area contributed by atoms with Crippen LogP contribution < -0.4 is 0 Å². The first-order valence-corrected chi connectivity index (χ1v) is 7.11. The first-order valence-electron chi connectivity index (χ1n) is 5.44. The molecule has 0 aliphatic carbocycles. The predicted molar refractivity (Wildman–Crippen MR) is 78.5 cm³/mol. The van der Waals surface area contributed by atoms with Gasteiger partial charge in [0.1, 0.15) is 0 Å². The highest BCUT2D eigenvalue weighted by atomic mass is 79.9. The topological polar surface area (TPSA) is 25.8 Å². The number of aromatic nitrogens is 2. The van der Waals surface area contributed by atoms with E-state index in [-0.39, 0.29) is 0 Å². The normalized spacial score (nSPS) is 10.5. The largest absolute Gasteiger partial charge is 0.265 e. The molecule has 3 heterocycles. The molecule has 0 aliphatic rings. The Hall–Kier alpha value is -1.52. The summed E-state index contributed by atoms with van der Waals surface area (Å²) in [7, 11) is 0. The van der Waals surface area contributed by atoms with E-state index in [9.17, 15) is 0 Å². The molecule has 0 radical (unpaired) electrons. The minimum atomic E-state index is 1.12. The second-order valence-electron chi connectivity index (χ2n) is 3.76. The first-order chi connectivity index (χ1) is 8.86. The lowest BCUT2D eigenvalue weighted by Gasteiger charge is -2.04. The molecule has 0 aromatic carbocycles. The second kappa shape index (κ2) is 5.00. The van der Waals surface area contributed by atoms with Gasteiger partial charge in [-0.2, -0.15) is 0 Å². The summed E-state index contributed by atoms with van der Waals surface area (Å²) in [6, 6.07) is 8.11. The van der Waals surface area contributed by atoms with Crippen molar-refractivity contribution in [2.45, 2.75) is 0 Å². The molecule has 0 saturated heterocycles. The predicted octanol–water partition coefficient (Wildman–Crippen LogP) is 4.63. The Bertz CT molecular complexity index is 650. The van der Waals surface area contributed by atoms with Gasteiger partial charge in [-0.15, -0.1) is 11.3 Å². The van der Waals surface area contributed by atoms with Crippen LogP contribution in [0, 0.1) is 0 Å². The van der Waals surface area contributed by atoms with Gasteiger partial charge in [0.05, 0.1) is 0 Å². The van der Waals surface area contributed by atoms with Crippen molar-refractivity contribution in [3.63, 3.8) is 0 Å². The molecule has 0 spiro atoms. The number of halogens is 1. The molecule has 0 aliphatic heterocycles. The number of hydrogen-bond acceptors (Lipinski definition) is 3. The lowest BCUT2D eigenvalue weighted by molar-refractivity contribution is 1.33. The highest BCUT2D eigenvalue weighted by molar-refractivity contribution is 9.10. The van der Waals surface area contributed by atoms with Crippen molar-refractivity contribution in [1.29, 1.82) is 0 Å². The van der Waals surface area contributed by atoms with Gasteiger partial charge in [-0.3, -0.25) is 9.97 Å². The maximum absolute atomic E-state index is 4.07. The van der Waals surface area contributed by atoms with E-state index < -0.39 is 0 Å². The Morgan fingerprint density at radius 1 is 0.833 bits per heavy atom. The smallest absolute Gasteiger partial charge is 0.0434 e. The number of thiophene rings is 1. The maximum atomic E-state index is 4.07. The van der Waals surface area contributed by atoms with Crippen LogP contribution in [0.3, 0.4) is 0 Å². The summed E-state index contributed by atoms with van der Waals surface area (Å²) in [6.07, 6.45) is 7.27. The fourth-order valence-electron chi connectivity index (χ4n) is 1.84. The first kappa shape index (κ1) is 11.6. The molecule has 3 aromatic heterocycles. The average Bonchev–Trinajstić information content (AvgIpc) is 2.83. The van der Waals surface area contributed by atoms with Gasteiger partial charge in [0.25, 0.3) is 0 Å². The van der Waals surface area contributed by atoms with E-state index in [1.807, 2.05) is 49.1 Å². The van der Waals surface area contributed by atoms with E-state index in [4.69, 9.17) is 0 Å². The van der Waals surface area contributed by atoms with Crippen molar-refractivity contribution in [1.82, 2.24) is 9.97 Å². The van der Waals surface area contributed by atoms with Crippen LogP contribution in [-0.4, -0.2) is 9.97 Å². The van der Waals surface area contributed by atoms with Crippen LogP contribution in [0.25, 0.3) is 21.6 Å². The quantitative estimate of drug-likeness (QED) is 0.688. The minimum Gasteiger partial charge on any atom is -0.265 e. The van der Waals surface area contributed by atoms with Gasteiger partial charge in [-0.25, -0.2) is 0 Å². The molecule has 3 rings (SSSR count). The van der Waals surface area contributed by atoms with E-state index in [1.165, 1.54) is 21.6 Å². The van der Waals surface area contributed by atoms with Crippen molar-refractivity contribution >= 4 is 27.3 Å². The lowest BCUT2D eigenvalue weighted by atomic mass is 10.0. The van der Waals surface area contributed by atoms with Crippen LogP contribution >= 0.6 is 27.3 Å². The van der Waals surface area contributed by atoms with E-state index in [2.05, 4.69) is 31.3 Å². The fourth-order valence-corrected chi connectivity index (χ4v) is 3.64. The molecule has 0 unspecified atom stereocenters. The standard InChI is InChI=1S/C14H9BrN2S/c15-12-9-18-14(11-3-7-17-8-4-11)13(12)10-1-5-16-6-2-10/h1-9H. The van der Waals surface area contributed by atoms with Crippen molar-refractivity contribution in [3.8, 4) is 21.6 Å². The zero-order valence-corrected chi connectivity index (χ0v) is 11.8.